The van der Waals surface area contributed by atoms with Gasteiger partial charge < -0.3 is 9.88 Å². The quantitative estimate of drug-likeness (QED) is 0.809. The third-order valence-electron chi connectivity index (χ3n) is 3.09. The van der Waals surface area contributed by atoms with Crippen LogP contribution in [0.25, 0.3) is 11.0 Å². The predicted molar refractivity (Wildman–Crippen MR) is 64.2 cm³/mol. The van der Waals surface area contributed by atoms with E-state index in [1.807, 2.05) is 12.4 Å². The molecule has 0 saturated carbocycles. The maximum Gasteiger partial charge on any atom is 0.0969 e. The molecule has 0 radical (unpaired) electrons. The van der Waals surface area contributed by atoms with Gasteiger partial charge in [0.25, 0.3) is 0 Å². The first-order valence-corrected chi connectivity index (χ1v) is 5.76. The lowest BCUT2D eigenvalue weighted by Crippen LogP contribution is -2.43. The lowest BCUT2D eigenvalue weighted by atomic mass is 10.3. The van der Waals surface area contributed by atoms with Crippen molar-refractivity contribution in [2.45, 2.75) is 6.67 Å². The van der Waals surface area contributed by atoms with Crippen LogP contribution < -0.4 is 5.32 Å². The van der Waals surface area contributed by atoms with Crippen molar-refractivity contribution in [3.8, 4) is 0 Å². The van der Waals surface area contributed by atoms with Crippen molar-refractivity contribution < 1.29 is 0 Å². The van der Waals surface area contributed by atoms with Crippen molar-refractivity contribution in [3.63, 3.8) is 0 Å². The molecule has 16 heavy (non-hydrogen) atoms. The number of benzene rings is 1. The Bertz CT molecular complexity index is 471. The normalized spacial score (nSPS) is 18.0. The molecule has 1 N–H and O–H groups in total. The molecule has 1 aliphatic rings. The van der Waals surface area contributed by atoms with Crippen LogP contribution in [0.4, 0.5) is 0 Å². The molecule has 0 aliphatic carbocycles. The Hall–Kier alpha value is -1.39. The van der Waals surface area contributed by atoms with E-state index in [2.05, 4.69) is 38.0 Å². The summed E-state index contributed by atoms with van der Waals surface area (Å²) >= 11 is 0. The summed E-state index contributed by atoms with van der Waals surface area (Å²) in [6, 6.07) is 8.29. The molecule has 0 amide bonds. The van der Waals surface area contributed by atoms with Crippen molar-refractivity contribution in [1.82, 2.24) is 19.8 Å². The molecule has 84 valence electrons. The van der Waals surface area contributed by atoms with E-state index in [1.165, 1.54) is 5.52 Å². The molecule has 0 unspecified atom stereocenters. The predicted octanol–water partition coefficient (Wildman–Crippen LogP) is 0.899. The second-order valence-electron chi connectivity index (χ2n) is 4.21. The third-order valence-corrected chi connectivity index (χ3v) is 3.09. The maximum atomic E-state index is 4.40. The minimum Gasteiger partial charge on any atom is -0.317 e. The topological polar surface area (TPSA) is 33.1 Å². The zero-order valence-corrected chi connectivity index (χ0v) is 9.26. The van der Waals surface area contributed by atoms with Crippen LogP contribution in [0, 0.1) is 0 Å². The summed E-state index contributed by atoms with van der Waals surface area (Å²) in [7, 11) is 0. The van der Waals surface area contributed by atoms with E-state index >= 15 is 0 Å². The van der Waals surface area contributed by atoms with E-state index in [0.717, 1.165) is 38.4 Å². The summed E-state index contributed by atoms with van der Waals surface area (Å²) in [5, 5.41) is 3.36. The second kappa shape index (κ2) is 4.23. The molecule has 0 spiro atoms. The van der Waals surface area contributed by atoms with Crippen LogP contribution in [-0.4, -0.2) is 40.6 Å². The van der Waals surface area contributed by atoms with Crippen LogP contribution in [0.3, 0.4) is 0 Å². The van der Waals surface area contributed by atoms with E-state index in [-0.39, 0.29) is 0 Å². The molecule has 2 heterocycles. The zero-order valence-electron chi connectivity index (χ0n) is 9.26. The molecule has 2 aromatic rings. The van der Waals surface area contributed by atoms with Gasteiger partial charge in [-0.3, -0.25) is 4.90 Å². The number of imidazole rings is 1. The van der Waals surface area contributed by atoms with Gasteiger partial charge in [0.1, 0.15) is 0 Å². The number of nitrogens with zero attached hydrogens (tertiary/aromatic N) is 3. The summed E-state index contributed by atoms with van der Waals surface area (Å²) in [5.74, 6) is 0. The van der Waals surface area contributed by atoms with Gasteiger partial charge in [-0.1, -0.05) is 12.1 Å². The molecule has 0 atom stereocenters. The fraction of sp³-hybridized carbons (Fsp3) is 0.417. The van der Waals surface area contributed by atoms with Crippen LogP contribution in [0.1, 0.15) is 0 Å². The lowest BCUT2D eigenvalue weighted by molar-refractivity contribution is 0.195. The Labute approximate surface area is 94.9 Å². The summed E-state index contributed by atoms with van der Waals surface area (Å²) in [6.07, 6.45) is 1.94. The van der Waals surface area contributed by atoms with Gasteiger partial charge in [0.05, 0.1) is 24.0 Å². The molecular formula is C12H16N4. The van der Waals surface area contributed by atoms with Gasteiger partial charge in [-0.2, -0.15) is 0 Å². The first-order valence-electron chi connectivity index (χ1n) is 5.76. The Morgan fingerprint density at radius 1 is 1.19 bits per heavy atom. The molecular weight excluding hydrogens is 200 g/mol. The highest BCUT2D eigenvalue weighted by molar-refractivity contribution is 5.74. The monoisotopic (exact) mass is 216 g/mol. The van der Waals surface area contributed by atoms with Crippen molar-refractivity contribution in [3.05, 3.63) is 30.6 Å². The highest BCUT2D eigenvalue weighted by atomic mass is 15.3. The number of piperazine rings is 1. The van der Waals surface area contributed by atoms with Crippen LogP contribution in [-0.2, 0) is 6.67 Å². The van der Waals surface area contributed by atoms with Crippen molar-refractivity contribution in [2.24, 2.45) is 0 Å². The molecule has 1 saturated heterocycles. The van der Waals surface area contributed by atoms with E-state index < -0.39 is 0 Å². The van der Waals surface area contributed by atoms with Gasteiger partial charge in [0, 0.05) is 26.2 Å². The van der Waals surface area contributed by atoms with Gasteiger partial charge in [0.2, 0.25) is 0 Å². The fourth-order valence-electron chi connectivity index (χ4n) is 2.19. The Morgan fingerprint density at radius 2 is 2.00 bits per heavy atom. The lowest BCUT2D eigenvalue weighted by Gasteiger charge is -2.27. The summed E-state index contributed by atoms with van der Waals surface area (Å²) in [4.78, 5) is 6.85. The molecule has 1 aromatic heterocycles. The SMILES string of the molecule is c1ccc2c(c1)ncn2CN1CCNCC1. The molecule has 1 aromatic carbocycles. The number of hydrogen-bond acceptors (Lipinski definition) is 3. The molecule has 1 fully saturated rings. The maximum absolute atomic E-state index is 4.40. The number of fused-ring (bicyclic) bond motifs is 1. The zero-order chi connectivity index (χ0) is 10.8. The first-order chi connectivity index (χ1) is 7.93. The van der Waals surface area contributed by atoms with E-state index in [1.54, 1.807) is 0 Å². The van der Waals surface area contributed by atoms with Crippen molar-refractivity contribution in [1.29, 1.82) is 0 Å². The molecule has 4 heteroatoms. The fourth-order valence-corrected chi connectivity index (χ4v) is 2.19. The third kappa shape index (κ3) is 1.81. The summed E-state index contributed by atoms with van der Waals surface area (Å²) in [6.45, 7) is 5.36. The average Bonchev–Trinajstić information content (AvgIpc) is 2.74. The highest BCUT2D eigenvalue weighted by Gasteiger charge is 2.10. The van der Waals surface area contributed by atoms with Crippen LogP contribution in [0.15, 0.2) is 30.6 Å². The average molecular weight is 216 g/mol. The van der Waals surface area contributed by atoms with Gasteiger partial charge in [0.15, 0.2) is 0 Å². The number of hydrogen-bond donors (Lipinski definition) is 1. The number of para-hydroxylation sites is 2. The minimum absolute atomic E-state index is 0.947. The second-order valence-corrected chi connectivity index (χ2v) is 4.21. The smallest absolute Gasteiger partial charge is 0.0969 e. The van der Waals surface area contributed by atoms with E-state index in [4.69, 9.17) is 0 Å². The van der Waals surface area contributed by atoms with Crippen LogP contribution in [0.2, 0.25) is 0 Å². The highest BCUT2D eigenvalue weighted by Crippen LogP contribution is 2.12. The standard InChI is InChI=1S/C12H16N4/c1-2-4-12-11(3-1)14-9-16(12)10-15-7-5-13-6-8-15/h1-4,9,13H,5-8,10H2. The van der Waals surface area contributed by atoms with E-state index in [9.17, 15) is 0 Å². The van der Waals surface area contributed by atoms with Crippen LogP contribution in [0.5, 0.6) is 0 Å². The first kappa shape index (κ1) is 9.81. The van der Waals surface area contributed by atoms with Gasteiger partial charge in [-0.25, -0.2) is 4.98 Å². The number of rotatable bonds is 2. The van der Waals surface area contributed by atoms with Gasteiger partial charge in [-0.05, 0) is 12.1 Å². The van der Waals surface area contributed by atoms with E-state index in [0.29, 0.717) is 0 Å². The molecule has 4 nitrogen and oxygen atoms in total. The molecule has 1 aliphatic heterocycles. The largest absolute Gasteiger partial charge is 0.317 e. The van der Waals surface area contributed by atoms with Gasteiger partial charge >= 0.3 is 0 Å². The summed E-state index contributed by atoms with van der Waals surface area (Å²) in [5.41, 5.74) is 2.30. The number of nitrogens with one attached hydrogen (secondary N) is 1. The Morgan fingerprint density at radius 3 is 2.88 bits per heavy atom. The van der Waals surface area contributed by atoms with Gasteiger partial charge in [-0.15, -0.1) is 0 Å². The Balaban J connectivity index is 1.83. The molecule has 3 rings (SSSR count). The molecule has 0 bridgehead atoms. The summed E-state index contributed by atoms with van der Waals surface area (Å²) < 4.78 is 2.22. The Kier molecular flexibility index (Phi) is 2.60. The minimum atomic E-state index is 0.947. The van der Waals surface area contributed by atoms with Crippen molar-refractivity contribution in [2.75, 3.05) is 26.2 Å². The van der Waals surface area contributed by atoms with Crippen molar-refractivity contribution >= 4 is 11.0 Å². The number of aromatic nitrogens is 2. The van der Waals surface area contributed by atoms with Crippen LogP contribution >= 0.6 is 0 Å².